The minimum absolute atomic E-state index is 0. The summed E-state index contributed by atoms with van der Waals surface area (Å²) in [7, 11) is 0. The van der Waals surface area contributed by atoms with Crippen LogP contribution in [-0.4, -0.2) is 61.5 Å². The number of nitrogens with two attached hydrogens (primary N) is 1. The topological polar surface area (TPSA) is 62.9 Å². The normalized spacial score (nSPS) is 16.2. The molecule has 1 saturated heterocycles. The van der Waals surface area contributed by atoms with Crippen LogP contribution in [0.3, 0.4) is 0 Å². The van der Waals surface area contributed by atoms with Crippen molar-refractivity contribution in [2.24, 2.45) is 10.7 Å². The zero-order valence-corrected chi connectivity index (χ0v) is 20.3. The van der Waals surface area contributed by atoms with E-state index in [1.54, 1.807) is 0 Å². The third-order valence-corrected chi connectivity index (χ3v) is 5.62. The molecule has 0 aliphatic carbocycles. The van der Waals surface area contributed by atoms with Crippen molar-refractivity contribution in [1.29, 1.82) is 0 Å². The number of aliphatic imine (C=N–C) groups is 1. The smallest absolute Gasteiger partial charge is 0.188 e. The molecule has 26 heavy (non-hydrogen) atoms. The molecular weight excluding hydrogens is 527 g/mol. The Bertz CT molecular complexity index is 551. The van der Waals surface area contributed by atoms with Crippen LogP contribution < -0.4 is 11.1 Å². The Labute approximate surface area is 187 Å². The molecule has 0 spiro atoms. The second-order valence-corrected chi connectivity index (χ2v) is 9.45. The number of rotatable bonds is 8. The van der Waals surface area contributed by atoms with E-state index in [0.29, 0.717) is 12.5 Å². The maximum absolute atomic E-state index is 6.00. The van der Waals surface area contributed by atoms with Gasteiger partial charge < -0.3 is 15.8 Å². The number of thioether (sulfide) groups is 1. The lowest BCUT2D eigenvalue weighted by molar-refractivity contribution is 0.0376. The van der Waals surface area contributed by atoms with Crippen LogP contribution in [0.15, 0.2) is 38.6 Å². The average Bonchev–Trinajstić information content (AvgIpc) is 2.60. The van der Waals surface area contributed by atoms with E-state index < -0.39 is 0 Å². The summed E-state index contributed by atoms with van der Waals surface area (Å²) in [4.78, 5) is 8.18. The highest BCUT2D eigenvalue weighted by molar-refractivity contribution is 14.0. The van der Waals surface area contributed by atoms with Crippen LogP contribution in [0.1, 0.15) is 20.3 Å². The van der Waals surface area contributed by atoms with Crippen molar-refractivity contribution in [2.75, 3.05) is 45.9 Å². The third-order valence-electron chi connectivity index (χ3n) is 3.90. The number of ether oxygens (including phenoxy) is 1. The zero-order valence-electron chi connectivity index (χ0n) is 15.5. The minimum atomic E-state index is -0.00602. The zero-order chi connectivity index (χ0) is 18.1. The van der Waals surface area contributed by atoms with Crippen molar-refractivity contribution in [2.45, 2.75) is 29.9 Å². The van der Waals surface area contributed by atoms with E-state index in [9.17, 15) is 0 Å². The first kappa shape index (κ1) is 24.0. The van der Waals surface area contributed by atoms with Gasteiger partial charge in [-0.05, 0) is 51.1 Å². The number of guanidine groups is 1. The Morgan fingerprint density at radius 2 is 1.96 bits per heavy atom. The summed E-state index contributed by atoms with van der Waals surface area (Å²) in [6, 6.07) is 8.36. The lowest BCUT2D eigenvalue weighted by Crippen LogP contribution is -2.39. The van der Waals surface area contributed by atoms with E-state index >= 15 is 0 Å². The lowest BCUT2D eigenvalue weighted by Gasteiger charge is -2.26. The average molecular weight is 557 g/mol. The van der Waals surface area contributed by atoms with Crippen LogP contribution in [0.5, 0.6) is 0 Å². The number of benzene rings is 1. The first-order chi connectivity index (χ1) is 11.9. The number of morpholine rings is 1. The van der Waals surface area contributed by atoms with Gasteiger partial charge in [-0.2, -0.15) is 0 Å². The molecule has 0 aromatic heterocycles. The monoisotopic (exact) mass is 556 g/mol. The summed E-state index contributed by atoms with van der Waals surface area (Å²) in [5.74, 6) is 0.534. The summed E-state index contributed by atoms with van der Waals surface area (Å²) in [5.41, 5.74) is 6.00. The van der Waals surface area contributed by atoms with Gasteiger partial charge in [0, 0.05) is 33.7 Å². The van der Waals surface area contributed by atoms with Gasteiger partial charge in [0.15, 0.2) is 5.96 Å². The van der Waals surface area contributed by atoms with Crippen LogP contribution in [0, 0.1) is 0 Å². The fraction of sp³-hybridized carbons (Fsp3) is 0.611. The van der Waals surface area contributed by atoms with Crippen molar-refractivity contribution in [3.05, 3.63) is 28.7 Å². The quantitative estimate of drug-likeness (QED) is 0.168. The van der Waals surface area contributed by atoms with Gasteiger partial charge in [0.25, 0.3) is 0 Å². The van der Waals surface area contributed by atoms with Crippen molar-refractivity contribution in [1.82, 2.24) is 10.2 Å². The third kappa shape index (κ3) is 9.77. The van der Waals surface area contributed by atoms with Gasteiger partial charge in [-0.3, -0.25) is 9.89 Å². The summed E-state index contributed by atoms with van der Waals surface area (Å²) < 4.78 is 6.45. The number of halogens is 2. The minimum Gasteiger partial charge on any atom is -0.379 e. The van der Waals surface area contributed by atoms with Gasteiger partial charge in [0.1, 0.15) is 0 Å². The van der Waals surface area contributed by atoms with Crippen molar-refractivity contribution < 1.29 is 4.74 Å². The molecule has 5 nitrogen and oxygen atoms in total. The molecule has 1 fully saturated rings. The molecule has 0 radical (unpaired) electrons. The predicted octanol–water partition coefficient (Wildman–Crippen LogP) is 3.56. The molecule has 0 atom stereocenters. The number of nitrogens with one attached hydrogen (secondary N) is 1. The Kier molecular flexibility index (Phi) is 11.5. The van der Waals surface area contributed by atoms with Crippen molar-refractivity contribution >= 4 is 57.6 Å². The Morgan fingerprint density at radius 3 is 2.62 bits per heavy atom. The van der Waals surface area contributed by atoms with Crippen molar-refractivity contribution in [3.8, 4) is 0 Å². The lowest BCUT2D eigenvalue weighted by atomic mass is 10.2. The van der Waals surface area contributed by atoms with Gasteiger partial charge in [0.2, 0.25) is 0 Å². The number of hydrogen-bond acceptors (Lipinski definition) is 4. The molecule has 148 valence electrons. The summed E-state index contributed by atoms with van der Waals surface area (Å²) in [5, 5.41) is 3.22. The highest BCUT2D eigenvalue weighted by Gasteiger charge is 2.19. The van der Waals surface area contributed by atoms with Gasteiger partial charge in [-0.1, -0.05) is 15.9 Å². The SMILES string of the molecule is CC(C)(CN=C(N)NCCCN1CCOCC1)Sc1ccc(Br)cc1.I. The van der Waals surface area contributed by atoms with Crippen LogP contribution in [0.4, 0.5) is 0 Å². The summed E-state index contributed by atoms with van der Waals surface area (Å²) >= 11 is 5.28. The molecule has 1 aromatic carbocycles. The molecule has 1 aliphatic heterocycles. The molecule has 3 N–H and O–H groups in total. The maximum Gasteiger partial charge on any atom is 0.188 e. The van der Waals surface area contributed by atoms with Gasteiger partial charge in [-0.15, -0.1) is 35.7 Å². The van der Waals surface area contributed by atoms with Crippen LogP contribution >= 0.6 is 51.7 Å². The second-order valence-electron chi connectivity index (χ2n) is 6.75. The highest BCUT2D eigenvalue weighted by atomic mass is 127. The second kappa shape index (κ2) is 12.4. The van der Waals surface area contributed by atoms with E-state index in [-0.39, 0.29) is 28.7 Å². The van der Waals surface area contributed by atoms with Crippen LogP contribution in [-0.2, 0) is 4.74 Å². The van der Waals surface area contributed by atoms with Crippen LogP contribution in [0.2, 0.25) is 0 Å². The van der Waals surface area contributed by atoms with Crippen molar-refractivity contribution in [3.63, 3.8) is 0 Å². The number of hydrogen-bond donors (Lipinski definition) is 2. The summed E-state index contributed by atoms with van der Waals surface area (Å²) in [6.45, 7) is 10.8. The first-order valence-electron chi connectivity index (χ1n) is 8.73. The van der Waals surface area contributed by atoms with Gasteiger partial charge in [0.05, 0.1) is 19.8 Å². The molecule has 1 aromatic rings. The fourth-order valence-electron chi connectivity index (χ4n) is 2.53. The van der Waals surface area contributed by atoms with Gasteiger partial charge >= 0.3 is 0 Å². The molecule has 0 bridgehead atoms. The van der Waals surface area contributed by atoms with E-state index in [1.807, 2.05) is 11.8 Å². The Morgan fingerprint density at radius 1 is 1.31 bits per heavy atom. The molecule has 0 saturated carbocycles. The van der Waals surface area contributed by atoms with E-state index in [4.69, 9.17) is 10.5 Å². The van der Waals surface area contributed by atoms with E-state index in [2.05, 4.69) is 69.3 Å². The Balaban J connectivity index is 0.00000338. The maximum atomic E-state index is 6.00. The van der Waals surface area contributed by atoms with Crippen LogP contribution in [0.25, 0.3) is 0 Å². The molecule has 1 aliphatic rings. The molecule has 8 heteroatoms. The Hall–Kier alpha value is -0.0300. The first-order valence-corrected chi connectivity index (χ1v) is 10.3. The number of nitrogens with zero attached hydrogens (tertiary/aromatic N) is 2. The molecule has 0 amide bonds. The molecule has 2 rings (SSSR count). The molecule has 0 unspecified atom stereocenters. The van der Waals surface area contributed by atoms with E-state index in [1.165, 1.54) is 4.90 Å². The van der Waals surface area contributed by atoms with E-state index in [0.717, 1.165) is 50.3 Å². The van der Waals surface area contributed by atoms with Gasteiger partial charge in [-0.25, -0.2) is 0 Å². The largest absolute Gasteiger partial charge is 0.379 e. The molecular formula is C18H30BrIN4OS. The fourth-order valence-corrected chi connectivity index (χ4v) is 3.83. The summed E-state index contributed by atoms with van der Waals surface area (Å²) in [6.07, 6.45) is 1.06. The molecule has 1 heterocycles. The standard InChI is InChI=1S/C18H29BrN4OS.HI/c1-18(2,25-16-6-4-15(19)5-7-16)14-22-17(20)21-8-3-9-23-10-12-24-13-11-23;/h4-7H,3,8-14H2,1-2H3,(H3,20,21,22);1H. The predicted molar refractivity (Wildman–Crippen MR) is 126 cm³/mol. The highest BCUT2D eigenvalue weighted by Crippen LogP contribution is 2.33.